The number of anilines is 1. The Morgan fingerprint density at radius 3 is 2.74 bits per heavy atom. The van der Waals surface area contributed by atoms with Crippen molar-refractivity contribution in [1.29, 1.82) is 0 Å². The molecule has 1 atom stereocenters. The van der Waals surface area contributed by atoms with Crippen LogP contribution in [0.3, 0.4) is 0 Å². The van der Waals surface area contributed by atoms with Crippen LogP contribution in [0.2, 0.25) is 0 Å². The van der Waals surface area contributed by atoms with E-state index in [1.54, 1.807) is 0 Å². The predicted molar refractivity (Wildman–Crippen MR) is 71.5 cm³/mol. The lowest BCUT2D eigenvalue weighted by Gasteiger charge is -2.15. The number of sulfonamides is 1. The van der Waals surface area contributed by atoms with Crippen molar-refractivity contribution in [2.24, 2.45) is 5.92 Å². The van der Waals surface area contributed by atoms with E-state index in [4.69, 9.17) is 10.8 Å². The molecule has 0 saturated carbocycles. The summed E-state index contributed by atoms with van der Waals surface area (Å²) in [6.07, 6.45) is 1.25. The molecule has 7 heteroatoms. The third kappa shape index (κ3) is 4.15. The molecule has 0 radical (unpaired) electrons. The van der Waals surface area contributed by atoms with Crippen molar-refractivity contribution < 1.29 is 17.9 Å². The van der Waals surface area contributed by atoms with Gasteiger partial charge in [0.25, 0.3) is 0 Å². The standard InChI is InChI=1S/C12H19FN2O3S/c1-2-9(6-7-16)8-15-19(17,18)11-5-3-4-10(13)12(11)14/h3-5,9,15-16H,2,6-8,14H2,1H3. The van der Waals surface area contributed by atoms with Crippen LogP contribution < -0.4 is 10.5 Å². The van der Waals surface area contributed by atoms with Crippen LogP contribution >= 0.6 is 0 Å². The molecule has 1 rings (SSSR count). The summed E-state index contributed by atoms with van der Waals surface area (Å²) in [4.78, 5) is -0.258. The van der Waals surface area contributed by atoms with Crippen LogP contribution in [-0.2, 0) is 10.0 Å². The highest BCUT2D eigenvalue weighted by Gasteiger charge is 2.20. The van der Waals surface area contributed by atoms with Crippen molar-refractivity contribution in [1.82, 2.24) is 4.72 Å². The van der Waals surface area contributed by atoms with Gasteiger partial charge in [-0.15, -0.1) is 0 Å². The number of nitrogen functional groups attached to an aromatic ring is 1. The maximum atomic E-state index is 13.2. The number of hydrogen-bond donors (Lipinski definition) is 3. The summed E-state index contributed by atoms with van der Waals surface area (Å²) in [5, 5.41) is 8.85. The molecule has 19 heavy (non-hydrogen) atoms. The molecule has 0 aromatic heterocycles. The van der Waals surface area contributed by atoms with Crippen LogP contribution in [0.15, 0.2) is 23.1 Å². The minimum atomic E-state index is -3.83. The van der Waals surface area contributed by atoms with Gasteiger partial charge in [0.05, 0.1) is 5.69 Å². The van der Waals surface area contributed by atoms with Crippen molar-refractivity contribution >= 4 is 15.7 Å². The number of aliphatic hydroxyl groups excluding tert-OH is 1. The molecule has 1 aromatic carbocycles. The van der Waals surface area contributed by atoms with E-state index in [0.29, 0.717) is 6.42 Å². The maximum absolute atomic E-state index is 13.2. The first-order chi connectivity index (χ1) is 8.92. The Balaban J connectivity index is 2.84. The zero-order chi connectivity index (χ0) is 14.5. The highest BCUT2D eigenvalue weighted by atomic mass is 32.2. The summed E-state index contributed by atoms with van der Waals surface area (Å²) in [5.74, 6) is -0.722. The summed E-state index contributed by atoms with van der Waals surface area (Å²) in [6, 6.07) is 3.66. The smallest absolute Gasteiger partial charge is 0.242 e. The third-order valence-corrected chi connectivity index (χ3v) is 4.46. The third-order valence-electron chi connectivity index (χ3n) is 2.98. The number of hydrogen-bond acceptors (Lipinski definition) is 4. The van der Waals surface area contributed by atoms with E-state index in [-0.39, 0.29) is 29.7 Å². The summed E-state index contributed by atoms with van der Waals surface area (Å²) in [7, 11) is -3.83. The first kappa shape index (κ1) is 15.9. The maximum Gasteiger partial charge on any atom is 0.242 e. The number of halogens is 1. The normalized spacial score (nSPS) is 13.4. The molecule has 0 heterocycles. The Kier molecular flexibility index (Phi) is 5.71. The Labute approximate surface area is 112 Å². The second-order valence-electron chi connectivity index (χ2n) is 4.29. The molecule has 1 aromatic rings. The lowest BCUT2D eigenvalue weighted by Crippen LogP contribution is -2.30. The zero-order valence-corrected chi connectivity index (χ0v) is 11.6. The van der Waals surface area contributed by atoms with E-state index in [1.807, 2.05) is 6.92 Å². The fourth-order valence-electron chi connectivity index (χ4n) is 1.69. The van der Waals surface area contributed by atoms with Gasteiger partial charge in [-0.3, -0.25) is 0 Å². The Hall–Kier alpha value is -1.18. The number of benzene rings is 1. The molecule has 108 valence electrons. The lowest BCUT2D eigenvalue weighted by atomic mass is 10.0. The number of rotatable bonds is 7. The van der Waals surface area contributed by atoms with Crippen molar-refractivity contribution in [2.45, 2.75) is 24.7 Å². The van der Waals surface area contributed by atoms with Crippen LogP contribution in [0, 0.1) is 11.7 Å². The predicted octanol–water partition coefficient (Wildman–Crippen LogP) is 1.09. The van der Waals surface area contributed by atoms with Crippen LogP contribution in [0.5, 0.6) is 0 Å². The van der Waals surface area contributed by atoms with Gasteiger partial charge in [-0.2, -0.15) is 0 Å². The van der Waals surface area contributed by atoms with Gasteiger partial charge >= 0.3 is 0 Å². The SMILES string of the molecule is CCC(CCO)CNS(=O)(=O)c1cccc(F)c1N. The first-order valence-corrected chi connectivity index (χ1v) is 7.55. The molecule has 0 spiro atoms. The molecular formula is C12H19FN2O3S. The molecule has 0 saturated heterocycles. The molecule has 0 aliphatic carbocycles. The quantitative estimate of drug-likeness (QED) is 0.656. The second kappa shape index (κ2) is 6.83. The molecular weight excluding hydrogens is 271 g/mol. The van der Waals surface area contributed by atoms with Crippen molar-refractivity contribution in [3.63, 3.8) is 0 Å². The number of nitrogens with one attached hydrogen (secondary N) is 1. The van der Waals surface area contributed by atoms with Crippen LogP contribution in [0.1, 0.15) is 19.8 Å². The fourth-order valence-corrected chi connectivity index (χ4v) is 2.95. The van der Waals surface area contributed by atoms with E-state index in [0.717, 1.165) is 12.5 Å². The monoisotopic (exact) mass is 290 g/mol. The first-order valence-electron chi connectivity index (χ1n) is 6.06. The van der Waals surface area contributed by atoms with Gasteiger partial charge in [0.2, 0.25) is 10.0 Å². The summed E-state index contributed by atoms with van der Waals surface area (Å²) in [6.45, 7) is 2.10. The number of aliphatic hydroxyl groups is 1. The Morgan fingerprint density at radius 1 is 1.47 bits per heavy atom. The Morgan fingerprint density at radius 2 is 2.16 bits per heavy atom. The summed E-state index contributed by atoms with van der Waals surface area (Å²) >= 11 is 0. The molecule has 0 fully saturated rings. The average Bonchev–Trinajstić information content (AvgIpc) is 2.37. The molecule has 0 aliphatic rings. The van der Waals surface area contributed by atoms with E-state index in [2.05, 4.69) is 4.72 Å². The topological polar surface area (TPSA) is 92.4 Å². The van der Waals surface area contributed by atoms with Gasteiger partial charge in [-0.25, -0.2) is 17.5 Å². The highest BCUT2D eigenvalue weighted by Crippen LogP contribution is 2.21. The fraction of sp³-hybridized carbons (Fsp3) is 0.500. The van der Waals surface area contributed by atoms with Crippen LogP contribution in [0.25, 0.3) is 0 Å². The average molecular weight is 290 g/mol. The van der Waals surface area contributed by atoms with E-state index >= 15 is 0 Å². The molecule has 0 bridgehead atoms. The molecule has 5 nitrogen and oxygen atoms in total. The number of nitrogens with two attached hydrogens (primary N) is 1. The largest absolute Gasteiger partial charge is 0.396 e. The zero-order valence-electron chi connectivity index (χ0n) is 10.8. The van der Waals surface area contributed by atoms with Crippen molar-refractivity contribution in [2.75, 3.05) is 18.9 Å². The summed E-state index contributed by atoms with van der Waals surface area (Å²) < 4.78 is 39.7. The van der Waals surface area contributed by atoms with Crippen LogP contribution in [-0.4, -0.2) is 26.7 Å². The van der Waals surface area contributed by atoms with E-state index in [1.165, 1.54) is 12.1 Å². The van der Waals surface area contributed by atoms with Gasteiger partial charge in [0.15, 0.2) is 0 Å². The summed E-state index contributed by atoms with van der Waals surface area (Å²) in [5.41, 5.74) is 5.05. The van der Waals surface area contributed by atoms with Crippen LogP contribution in [0.4, 0.5) is 10.1 Å². The molecule has 0 aliphatic heterocycles. The van der Waals surface area contributed by atoms with E-state index in [9.17, 15) is 12.8 Å². The number of para-hydroxylation sites is 1. The molecule has 1 unspecified atom stereocenters. The van der Waals surface area contributed by atoms with Gasteiger partial charge in [0, 0.05) is 13.2 Å². The lowest BCUT2D eigenvalue weighted by molar-refractivity contribution is 0.254. The molecule has 0 amide bonds. The van der Waals surface area contributed by atoms with Gasteiger partial charge in [0.1, 0.15) is 10.7 Å². The van der Waals surface area contributed by atoms with Crippen molar-refractivity contribution in [3.8, 4) is 0 Å². The minimum Gasteiger partial charge on any atom is -0.396 e. The van der Waals surface area contributed by atoms with Gasteiger partial charge in [-0.1, -0.05) is 19.4 Å². The minimum absolute atomic E-state index is 0.00232. The highest BCUT2D eigenvalue weighted by molar-refractivity contribution is 7.89. The van der Waals surface area contributed by atoms with E-state index < -0.39 is 15.8 Å². The Bertz CT molecular complexity index is 520. The molecule has 4 N–H and O–H groups in total. The van der Waals surface area contributed by atoms with Gasteiger partial charge < -0.3 is 10.8 Å². The van der Waals surface area contributed by atoms with Gasteiger partial charge in [-0.05, 0) is 24.5 Å². The second-order valence-corrected chi connectivity index (χ2v) is 6.03. The van der Waals surface area contributed by atoms with Crippen molar-refractivity contribution in [3.05, 3.63) is 24.0 Å².